The van der Waals surface area contributed by atoms with E-state index in [1.807, 2.05) is 43.3 Å². The number of carbonyl (C=O) groups excluding carboxylic acids is 2. The molecule has 0 saturated carbocycles. The molecule has 2 unspecified atom stereocenters. The number of Topliss-reactive ketones (excluding diaryl/α,β-unsaturated/α-hetero) is 1. The second-order valence-corrected chi connectivity index (χ2v) is 5.70. The van der Waals surface area contributed by atoms with Gasteiger partial charge in [0.1, 0.15) is 0 Å². The van der Waals surface area contributed by atoms with Gasteiger partial charge < -0.3 is 5.32 Å². The Labute approximate surface area is 129 Å². The molecule has 4 heteroatoms. The minimum absolute atomic E-state index is 0.0229. The van der Waals surface area contributed by atoms with Crippen molar-refractivity contribution in [3.05, 3.63) is 65.5 Å². The molecular weight excluding hydrogens is 276 g/mol. The first kappa shape index (κ1) is 14.4. The number of fused-ring (bicyclic) bond motifs is 1. The van der Waals surface area contributed by atoms with E-state index in [0.717, 1.165) is 11.3 Å². The van der Waals surface area contributed by atoms with E-state index in [1.54, 1.807) is 12.3 Å². The number of carbonyl (C=O) groups is 2. The molecule has 1 aromatic heterocycles. The van der Waals surface area contributed by atoms with E-state index in [-0.39, 0.29) is 30.1 Å². The maximum atomic E-state index is 12.5. The van der Waals surface area contributed by atoms with Gasteiger partial charge in [-0.15, -0.1) is 0 Å². The zero-order valence-electron chi connectivity index (χ0n) is 12.5. The first-order valence-electron chi connectivity index (χ1n) is 7.47. The quantitative estimate of drug-likeness (QED) is 0.942. The van der Waals surface area contributed by atoms with Gasteiger partial charge in [0.25, 0.3) is 0 Å². The van der Waals surface area contributed by atoms with Gasteiger partial charge in [0.05, 0.1) is 5.92 Å². The standard InChI is InChI=1S/C18H18N2O2/c1-12(10-13-6-4-5-9-19-13)20-18(22)16-11-17(21)15-8-3-2-7-14(15)16/h2-9,12,16H,10-11H2,1H3,(H,20,22). The van der Waals surface area contributed by atoms with Crippen LogP contribution in [0.15, 0.2) is 48.7 Å². The number of amides is 1. The van der Waals surface area contributed by atoms with Gasteiger partial charge in [0.15, 0.2) is 5.78 Å². The highest BCUT2D eigenvalue weighted by Crippen LogP contribution is 2.32. The fourth-order valence-corrected chi connectivity index (χ4v) is 2.92. The molecule has 0 fully saturated rings. The Morgan fingerprint density at radius 2 is 2.05 bits per heavy atom. The third kappa shape index (κ3) is 2.91. The van der Waals surface area contributed by atoms with Crippen LogP contribution < -0.4 is 5.32 Å². The lowest BCUT2D eigenvalue weighted by molar-refractivity contribution is -0.123. The van der Waals surface area contributed by atoms with Gasteiger partial charge >= 0.3 is 0 Å². The number of pyridine rings is 1. The largest absolute Gasteiger partial charge is 0.353 e. The molecular formula is C18H18N2O2. The molecule has 0 spiro atoms. The summed E-state index contributed by atoms with van der Waals surface area (Å²) in [6.07, 6.45) is 2.69. The molecule has 1 aromatic carbocycles. The first-order chi connectivity index (χ1) is 10.6. The van der Waals surface area contributed by atoms with Crippen molar-refractivity contribution in [1.29, 1.82) is 0 Å². The topological polar surface area (TPSA) is 59.1 Å². The number of nitrogens with zero attached hydrogens (tertiary/aromatic N) is 1. The summed E-state index contributed by atoms with van der Waals surface area (Å²) in [5, 5.41) is 3.00. The van der Waals surface area contributed by atoms with Gasteiger partial charge in [0.2, 0.25) is 5.91 Å². The van der Waals surface area contributed by atoms with Crippen LogP contribution >= 0.6 is 0 Å². The number of nitrogens with one attached hydrogen (secondary N) is 1. The molecule has 22 heavy (non-hydrogen) atoms. The number of aromatic nitrogens is 1. The smallest absolute Gasteiger partial charge is 0.228 e. The van der Waals surface area contributed by atoms with Crippen molar-refractivity contribution in [3.63, 3.8) is 0 Å². The highest BCUT2D eigenvalue weighted by Gasteiger charge is 2.34. The Kier molecular flexibility index (Phi) is 4.00. The summed E-state index contributed by atoms with van der Waals surface area (Å²) in [5.41, 5.74) is 2.47. The molecule has 2 atom stereocenters. The molecule has 1 heterocycles. The molecule has 4 nitrogen and oxygen atoms in total. The van der Waals surface area contributed by atoms with Crippen LogP contribution in [-0.2, 0) is 11.2 Å². The number of hydrogen-bond donors (Lipinski definition) is 1. The van der Waals surface area contributed by atoms with E-state index in [1.165, 1.54) is 0 Å². The zero-order chi connectivity index (χ0) is 15.5. The van der Waals surface area contributed by atoms with Crippen molar-refractivity contribution in [1.82, 2.24) is 10.3 Å². The predicted octanol–water partition coefficient (Wildman–Crippen LogP) is 2.50. The van der Waals surface area contributed by atoms with E-state index in [4.69, 9.17) is 0 Å². The van der Waals surface area contributed by atoms with Gasteiger partial charge in [-0.25, -0.2) is 0 Å². The number of hydrogen-bond acceptors (Lipinski definition) is 3. The molecule has 1 N–H and O–H groups in total. The maximum absolute atomic E-state index is 12.5. The van der Waals surface area contributed by atoms with E-state index < -0.39 is 0 Å². The average Bonchev–Trinajstić information content (AvgIpc) is 2.86. The molecule has 3 rings (SSSR count). The van der Waals surface area contributed by atoms with Crippen LogP contribution in [-0.4, -0.2) is 22.7 Å². The number of ketones is 1. The van der Waals surface area contributed by atoms with Crippen molar-refractivity contribution in [2.45, 2.75) is 31.7 Å². The first-order valence-corrected chi connectivity index (χ1v) is 7.47. The number of benzene rings is 1. The molecule has 112 valence electrons. The molecule has 1 aliphatic carbocycles. The number of rotatable bonds is 4. The monoisotopic (exact) mass is 294 g/mol. The fraction of sp³-hybridized carbons (Fsp3) is 0.278. The summed E-state index contributed by atoms with van der Waals surface area (Å²) in [6.45, 7) is 1.95. The second-order valence-electron chi connectivity index (χ2n) is 5.70. The second kappa shape index (κ2) is 6.10. The minimum atomic E-state index is -0.366. The minimum Gasteiger partial charge on any atom is -0.353 e. The Morgan fingerprint density at radius 1 is 1.27 bits per heavy atom. The van der Waals surface area contributed by atoms with Crippen LogP contribution in [0.25, 0.3) is 0 Å². The zero-order valence-corrected chi connectivity index (χ0v) is 12.5. The molecule has 2 aromatic rings. The van der Waals surface area contributed by atoms with E-state index in [2.05, 4.69) is 10.3 Å². The van der Waals surface area contributed by atoms with Gasteiger partial charge in [0, 0.05) is 36.3 Å². The van der Waals surface area contributed by atoms with Crippen molar-refractivity contribution in [2.24, 2.45) is 0 Å². The normalized spacial score (nSPS) is 17.9. The summed E-state index contributed by atoms with van der Waals surface area (Å²) in [6, 6.07) is 13.1. The molecule has 0 bridgehead atoms. The summed E-state index contributed by atoms with van der Waals surface area (Å²) < 4.78 is 0. The Hall–Kier alpha value is -2.49. The maximum Gasteiger partial charge on any atom is 0.228 e. The van der Waals surface area contributed by atoms with E-state index >= 15 is 0 Å². The lowest BCUT2D eigenvalue weighted by Gasteiger charge is -2.17. The van der Waals surface area contributed by atoms with Crippen molar-refractivity contribution in [3.8, 4) is 0 Å². The third-order valence-corrected chi connectivity index (χ3v) is 3.97. The molecule has 1 aliphatic rings. The van der Waals surface area contributed by atoms with Crippen molar-refractivity contribution in [2.75, 3.05) is 0 Å². The van der Waals surface area contributed by atoms with Crippen LogP contribution in [0.4, 0.5) is 0 Å². The summed E-state index contributed by atoms with van der Waals surface area (Å²) >= 11 is 0. The van der Waals surface area contributed by atoms with Crippen molar-refractivity contribution >= 4 is 11.7 Å². The van der Waals surface area contributed by atoms with Crippen LogP contribution in [0, 0.1) is 0 Å². The molecule has 1 amide bonds. The van der Waals surface area contributed by atoms with Gasteiger partial charge in [-0.3, -0.25) is 14.6 Å². The van der Waals surface area contributed by atoms with Gasteiger partial charge in [-0.05, 0) is 24.6 Å². The fourth-order valence-electron chi connectivity index (χ4n) is 2.92. The lowest BCUT2D eigenvalue weighted by atomic mass is 10.00. The summed E-state index contributed by atoms with van der Waals surface area (Å²) in [7, 11) is 0. The lowest BCUT2D eigenvalue weighted by Crippen LogP contribution is -2.37. The van der Waals surface area contributed by atoms with Crippen LogP contribution in [0.1, 0.15) is 40.9 Å². The predicted molar refractivity (Wildman–Crippen MR) is 83.7 cm³/mol. The van der Waals surface area contributed by atoms with E-state index in [0.29, 0.717) is 12.0 Å². The SMILES string of the molecule is CC(Cc1ccccn1)NC(=O)C1CC(=O)c2ccccc21. The molecule has 0 radical (unpaired) electrons. The van der Waals surface area contributed by atoms with Crippen LogP contribution in [0.2, 0.25) is 0 Å². The summed E-state index contributed by atoms with van der Waals surface area (Å²) in [5.74, 6) is -0.398. The van der Waals surface area contributed by atoms with Crippen molar-refractivity contribution < 1.29 is 9.59 Å². The summed E-state index contributed by atoms with van der Waals surface area (Å²) in [4.78, 5) is 28.7. The van der Waals surface area contributed by atoms with Crippen LogP contribution in [0.5, 0.6) is 0 Å². The Morgan fingerprint density at radius 3 is 2.82 bits per heavy atom. The third-order valence-electron chi connectivity index (χ3n) is 3.97. The average molecular weight is 294 g/mol. The van der Waals surface area contributed by atoms with Gasteiger partial charge in [-0.2, -0.15) is 0 Å². The molecule has 0 saturated heterocycles. The Bertz CT molecular complexity index is 697. The van der Waals surface area contributed by atoms with Gasteiger partial charge in [-0.1, -0.05) is 30.3 Å². The van der Waals surface area contributed by atoms with Crippen LogP contribution in [0.3, 0.4) is 0 Å². The Balaban J connectivity index is 1.67. The van der Waals surface area contributed by atoms with E-state index in [9.17, 15) is 9.59 Å². The highest BCUT2D eigenvalue weighted by molar-refractivity contribution is 6.06. The molecule has 0 aliphatic heterocycles. The highest BCUT2D eigenvalue weighted by atomic mass is 16.2.